The van der Waals surface area contributed by atoms with E-state index in [1.807, 2.05) is 13.1 Å². The number of pyridine rings is 1. The molecule has 2 fully saturated rings. The van der Waals surface area contributed by atoms with Crippen LogP contribution in [-0.4, -0.2) is 16.1 Å². The molecular formula is C16H19NO2. The molecule has 1 N–H and O–H groups in total. The molecule has 0 aromatic carbocycles. The van der Waals surface area contributed by atoms with Gasteiger partial charge < -0.3 is 5.11 Å². The van der Waals surface area contributed by atoms with E-state index in [0.717, 1.165) is 24.1 Å². The summed E-state index contributed by atoms with van der Waals surface area (Å²) in [5.74, 6) is 1.22. The Balaban J connectivity index is 1.70. The second-order valence-corrected chi connectivity index (χ2v) is 5.97. The third kappa shape index (κ3) is 2.55. The summed E-state index contributed by atoms with van der Waals surface area (Å²) in [6, 6.07) is 4.33. The van der Waals surface area contributed by atoms with E-state index in [1.54, 1.807) is 0 Å². The van der Waals surface area contributed by atoms with Crippen molar-refractivity contribution in [3.05, 3.63) is 41.2 Å². The van der Waals surface area contributed by atoms with Crippen LogP contribution >= 0.6 is 0 Å². The van der Waals surface area contributed by atoms with Crippen LogP contribution < -0.4 is 0 Å². The van der Waals surface area contributed by atoms with Gasteiger partial charge in [-0.1, -0.05) is 5.57 Å². The molecule has 19 heavy (non-hydrogen) atoms. The van der Waals surface area contributed by atoms with Crippen LogP contribution in [0.1, 0.15) is 42.9 Å². The lowest BCUT2D eigenvalue weighted by atomic mass is 9.94. The normalized spacial score (nSPS) is 31.6. The highest BCUT2D eigenvalue weighted by Crippen LogP contribution is 2.52. The minimum Gasteiger partial charge on any atom is -0.478 e. The Morgan fingerprint density at radius 1 is 1.37 bits per heavy atom. The van der Waals surface area contributed by atoms with Crippen molar-refractivity contribution in [2.75, 3.05) is 0 Å². The van der Waals surface area contributed by atoms with E-state index in [-0.39, 0.29) is 0 Å². The van der Waals surface area contributed by atoms with Crippen LogP contribution in [0.2, 0.25) is 0 Å². The van der Waals surface area contributed by atoms with Gasteiger partial charge in [0.15, 0.2) is 0 Å². The number of fused-ring (bicyclic) bond motifs is 1. The molecule has 0 aliphatic heterocycles. The molecule has 0 amide bonds. The molecule has 0 spiro atoms. The first kappa shape index (κ1) is 12.4. The van der Waals surface area contributed by atoms with Gasteiger partial charge in [-0.05, 0) is 68.1 Å². The van der Waals surface area contributed by atoms with Crippen LogP contribution in [0.4, 0.5) is 0 Å². The molecule has 2 aliphatic carbocycles. The smallest absolute Gasteiger partial charge is 0.328 e. The first-order chi connectivity index (χ1) is 9.11. The maximum Gasteiger partial charge on any atom is 0.328 e. The minimum absolute atomic E-state index is 0.642. The topological polar surface area (TPSA) is 50.2 Å². The highest BCUT2D eigenvalue weighted by Gasteiger charge is 2.39. The molecule has 3 atom stereocenters. The van der Waals surface area contributed by atoms with Crippen molar-refractivity contribution in [3.63, 3.8) is 0 Å². The summed E-state index contributed by atoms with van der Waals surface area (Å²) >= 11 is 0. The number of hydrogen-bond donors (Lipinski definition) is 1. The van der Waals surface area contributed by atoms with Crippen LogP contribution in [0.25, 0.3) is 0 Å². The van der Waals surface area contributed by atoms with E-state index in [9.17, 15) is 4.79 Å². The molecule has 1 aromatic heterocycles. The summed E-state index contributed by atoms with van der Waals surface area (Å²) in [5.41, 5.74) is 3.62. The number of carboxylic acids is 1. The summed E-state index contributed by atoms with van der Waals surface area (Å²) in [7, 11) is 0. The fourth-order valence-corrected chi connectivity index (χ4v) is 3.85. The van der Waals surface area contributed by atoms with E-state index in [2.05, 4.69) is 17.1 Å². The van der Waals surface area contributed by atoms with Crippen LogP contribution in [0, 0.1) is 18.8 Å². The number of allylic oxidation sites excluding steroid dienone is 1. The van der Waals surface area contributed by atoms with Crippen molar-refractivity contribution in [2.24, 2.45) is 11.8 Å². The van der Waals surface area contributed by atoms with Crippen LogP contribution in [0.15, 0.2) is 30.0 Å². The summed E-state index contributed by atoms with van der Waals surface area (Å²) < 4.78 is 0. The molecule has 1 aromatic rings. The van der Waals surface area contributed by atoms with Crippen LogP contribution in [0.3, 0.4) is 0 Å². The Morgan fingerprint density at radius 3 is 2.63 bits per heavy atom. The van der Waals surface area contributed by atoms with E-state index in [0.29, 0.717) is 17.8 Å². The predicted molar refractivity (Wildman–Crippen MR) is 72.9 cm³/mol. The van der Waals surface area contributed by atoms with Gasteiger partial charge in [0.05, 0.1) is 0 Å². The van der Waals surface area contributed by atoms with Gasteiger partial charge in [0.1, 0.15) is 0 Å². The largest absolute Gasteiger partial charge is 0.478 e. The number of aliphatic carboxylic acids is 1. The van der Waals surface area contributed by atoms with Crippen molar-refractivity contribution < 1.29 is 9.90 Å². The molecule has 100 valence electrons. The molecule has 3 nitrogen and oxygen atoms in total. The maximum atomic E-state index is 10.7. The van der Waals surface area contributed by atoms with E-state index in [4.69, 9.17) is 5.11 Å². The molecule has 2 saturated carbocycles. The highest BCUT2D eigenvalue weighted by molar-refractivity contribution is 5.80. The second-order valence-electron chi connectivity index (χ2n) is 5.97. The fraction of sp³-hybridized carbons (Fsp3) is 0.500. The van der Waals surface area contributed by atoms with Crippen molar-refractivity contribution in [2.45, 2.75) is 38.5 Å². The molecule has 0 bridgehead atoms. The lowest BCUT2D eigenvalue weighted by Crippen LogP contribution is -1.97. The lowest BCUT2D eigenvalue weighted by Gasteiger charge is -2.12. The summed E-state index contributed by atoms with van der Waals surface area (Å²) in [6.07, 6.45) is 7.68. The molecule has 0 saturated heterocycles. The molecule has 3 heteroatoms. The monoisotopic (exact) mass is 257 g/mol. The van der Waals surface area contributed by atoms with Crippen molar-refractivity contribution in [1.29, 1.82) is 0 Å². The van der Waals surface area contributed by atoms with Gasteiger partial charge in [0.25, 0.3) is 0 Å². The molecule has 1 heterocycles. The number of nitrogens with zero attached hydrogens (tertiary/aromatic N) is 1. The zero-order valence-electron chi connectivity index (χ0n) is 11.2. The fourth-order valence-electron chi connectivity index (χ4n) is 3.85. The van der Waals surface area contributed by atoms with E-state index >= 15 is 0 Å². The Morgan fingerprint density at radius 2 is 2.05 bits per heavy atom. The minimum atomic E-state index is -0.795. The van der Waals surface area contributed by atoms with Crippen molar-refractivity contribution in [3.8, 4) is 0 Å². The second kappa shape index (κ2) is 4.80. The van der Waals surface area contributed by atoms with Crippen LogP contribution in [0.5, 0.6) is 0 Å². The number of rotatable bonds is 2. The highest BCUT2D eigenvalue weighted by atomic mass is 16.4. The van der Waals surface area contributed by atoms with Crippen LogP contribution in [-0.2, 0) is 4.79 Å². The molecule has 3 rings (SSSR count). The van der Waals surface area contributed by atoms with Gasteiger partial charge >= 0.3 is 5.97 Å². The maximum absolute atomic E-state index is 10.7. The van der Waals surface area contributed by atoms with Gasteiger partial charge in [-0.3, -0.25) is 4.98 Å². The predicted octanol–water partition coefficient (Wildman–Crippen LogP) is 3.30. The lowest BCUT2D eigenvalue weighted by molar-refractivity contribution is -0.131. The molecular weight excluding hydrogens is 238 g/mol. The van der Waals surface area contributed by atoms with Crippen molar-refractivity contribution >= 4 is 5.97 Å². The van der Waals surface area contributed by atoms with Gasteiger partial charge in [-0.2, -0.15) is 0 Å². The van der Waals surface area contributed by atoms with Crippen molar-refractivity contribution in [1.82, 2.24) is 4.98 Å². The van der Waals surface area contributed by atoms with Gasteiger partial charge in [0, 0.05) is 18.0 Å². The molecule has 2 aliphatic rings. The first-order valence-electron chi connectivity index (χ1n) is 6.96. The number of aryl methyl sites for hydroxylation is 1. The average Bonchev–Trinajstić information content (AvgIpc) is 2.85. The Labute approximate surface area is 113 Å². The first-order valence-corrected chi connectivity index (χ1v) is 6.96. The third-order valence-corrected chi connectivity index (χ3v) is 4.61. The molecule has 0 radical (unpaired) electrons. The Bertz CT molecular complexity index is 519. The summed E-state index contributed by atoms with van der Waals surface area (Å²) in [5, 5.41) is 8.81. The zero-order valence-corrected chi connectivity index (χ0v) is 11.2. The summed E-state index contributed by atoms with van der Waals surface area (Å²) in [6.45, 7) is 2.03. The van der Waals surface area contributed by atoms with Gasteiger partial charge in [0.2, 0.25) is 0 Å². The average molecular weight is 257 g/mol. The third-order valence-electron chi connectivity index (χ3n) is 4.61. The van der Waals surface area contributed by atoms with E-state index in [1.165, 1.54) is 24.5 Å². The number of hydrogen-bond acceptors (Lipinski definition) is 2. The zero-order chi connectivity index (χ0) is 13.4. The Hall–Kier alpha value is -1.64. The quantitative estimate of drug-likeness (QED) is 0.827. The molecule has 1 unspecified atom stereocenters. The standard InChI is InChI=1S/C16H19NO2/c1-10-4-12(2-3-17-10)15-8-13-5-11(7-16(18)19)6-14(13)9-15/h2-4,7,13-15H,5-6,8-9H2,1H3,(H,18,19)/t13-,14+,15?. The van der Waals surface area contributed by atoms with Gasteiger partial charge in [-0.25, -0.2) is 4.79 Å². The number of carboxylic acid groups (broad SMARTS) is 1. The Kier molecular flexibility index (Phi) is 3.13. The number of aromatic nitrogens is 1. The van der Waals surface area contributed by atoms with E-state index < -0.39 is 5.97 Å². The summed E-state index contributed by atoms with van der Waals surface area (Å²) in [4.78, 5) is 15.0. The number of carbonyl (C=O) groups is 1. The van der Waals surface area contributed by atoms with Gasteiger partial charge in [-0.15, -0.1) is 0 Å². The SMILES string of the molecule is Cc1cc(C2C[C@H]3CC(=CC(=O)O)C[C@H]3C2)ccn1.